The lowest BCUT2D eigenvalue weighted by Gasteiger charge is -2.12. The van der Waals surface area contributed by atoms with Crippen molar-refractivity contribution >= 4 is 28.9 Å². The summed E-state index contributed by atoms with van der Waals surface area (Å²) in [6.07, 6.45) is 0. The van der Waals surface area contributed by atoms with Crippen molar-refractivity contribution in [3.05, 3.63) is 29.8 Å². The fourth-order valence-electron chi connectivity index (χ4n) is 1.29. The van der Waals surface area contributed by atoms with Gasteiger partial charge >= 0.3 is 6.03 Å². The van der Waals surface area contributed by atoms with Crippen molar-refractivity contribution in [2.45, 2.75) is 0 Å². The summed E-state index contributed by atoms with van der Waals surface area (Å²) in [5.74, 6) is 0. The molecule has 0 saturated heterocycles. The van der Waals surface area contributed by atoms with Crippen molar-refractivity contribution in [2.24, 2.45) is 5.73 Å². The average molecular weight is 266 g/mol. The van der Waals surface area contributed by atoms with Gasteiger partial charge in [-0.15, -0.1) is 0 Å². The molecule has 2 amide bonds. The Balaban J connectivity index is 2.31. The number of anilines is 1. The van der Waals surface area contributed by atoms with Crippen LogP contribution in [0.2, 0.25) is 0 Å². The molecule has 0 aromatic heterocycles. The Morgan fingerprint density at radius 3 is 2.39 bits per heavy atom. The minimum atomic E-state index is -0.0966. The summed E-state index contributed by atoms with van der Waals surface area (Å²) in [6.45, 7) is 1.22. The van der Waals surface area contributed by atoms with Crippen LogP contribution >= 0.6 is 12.2 Å². The maximum atomic E-state index is 11.2. The lowest BCUT2D eigenvalue weighted by atomic mass is 10.2. The maximum Gasteiger partial charge on any atom is 0.316 e. The van der Waals surface area contributed by atoms with E-state index in [0.29, 0.717) is 18.1 Å². The molecule has 4 N–H and O–H groups in total. The molecule has 0 aliphatic carbocycles. The first-order valence-electron chi connectivity index (χ1n) is 5.59. The molecule has 0 heterocycles. The molecule has 6 heteroatoms. The minimum absolute atomic E-state index is 0.0966. The fraction of sp³-hybridized carbons (Fsp3) is 0.333. The van der Waals surface area contributed by atoms with E-state index < -0.39 is 0 Å². The molecule has 1 aromatic rings. The van der Waals surface area contributed by atoms with Gasteiger partial charge in [0.05, 0.1) is 0 Å². The van der Waals surface area contributed by atoms with Crippen molar-refractivity contribution in [3.63, 3.8) is 0 Å². The van der Waals surface area contributed by atoms with Crippen LogP contribution in [0.5, 0.6) is 0 Å². The number of hydrogen-bond donors (Lipinski definition) is 3. The molecule has 0 radical (unpaired) electrons. The number of nitrogens with zero attached hydrogens (tertiary/aromatic N) is 1. The molecule has 1 rings (SSSR count). The molecule has 0 aliphatic rings. The molecular formula is C12H18N4OS. The van der Waals surface area contributed by atoms with E-state index in [-0.39, 0.29) is 6.03 Å². The van der Waals surface area contributed by atoms with Crippen LogP contribution in [0.3, 0.4) is 0 Å². The molecule has 0 aliphatic heterocycles. The zero-order valence-corrected chi connectivity index (χ0v) is 11.4. The smallest absolute Gasteiger partial charge is 0.316 e. The lowest BCUT2D eigenvalue weighted by Crippen LogP contribution is -2.37. The van der Waals surface area contributed by atoms with E-state index in [1.54, 1.807) is 14.1 Å². The van der Waals surface area contributed by atoms with E-state index in [2.05, 4.69) is 10.6 Å². The Hall–Kier alpha value is -1.82. The topological polar surface area (TPSA) is 70.4 Å². The molecule has 0 saturated carbocycles. The summed E-state index contributed by atoms with van der Waals surface area (Å²) in [5, 5.41) is 5.95. The third-order valence-electron chi connectivity index (χ3n) is 2.31. The lowest BCUT2D eigenvalue weighted by molar-refractivity contribution is 0.218. The molecule has 0 unspecified atom stereocenters. The van der Waals surface area contributed by atoms with Crippen LogP contribution in [0.1, 0.15) is 5.56 Å². The largest absolute Gasteiger partial charge is 0.389 e. The van der Waals surface area contributed by atoms with Crippen molar-refractivity contribution in [1.29, 1.82) is 0 Å². The van der Waals surface area contributed by atoms with Crippen molar-refractivity contribution in [2.75, 3.05) is 32.5 Å². The van der Waals surface area contributed by atoms with Gasteiger partial charge in [-0.1, -0.05) is 12.2 Å². The number of carbonyl (C=O) groups excluding carboxylic acids is 1. The van der Waals surface area contributed by atoms with Crippen molar-refractivity contribution in [1.82, 2.24) is 10.2 Å². The summed E-state index contributed by atoms with van der Waals surface area (Å²) in [7, 11) is 3.41. The molecule has 18 heavy (non-hydrogen) atoms. The van der Waals surface area contributed by atoms with Gasteiger partial charge in [-0.25, -0.2) is 4.79 Å². The van der Waals surface area contributed by atoms with Gasteiger partial charge in [0.1, 0.15) is 4.99 Å². The van der Waals surface area contributed by atoms with Gasteiger partial charge < -0.3 is 21.3 Å². The van der Waals surface area contributed by atoms with E-state index in [0.717, 1.165) is 11.3 Å². The highest BCUT2D eigenvalue weighted by atomic mass is 32.1. The summed E-state index contributed by atoms with van der Waals surface area (Å²) in [5.41, 5.74) is 7.32. The van der Waals surface area contributed by atoms with E-state index in [9.17, 15) is 4.79 Å². The molecule has 5 nitrogen and oxygen atoms in total. The summed E-state index contributed by atoms with van der Waals surface area (Å²) in [6, 6.07) is 7.44. The number of rotatable bonds is 5. The van der Waals surface area contributed by atoms with Gasteiger partial charge in [-0.05, 0) is 24.3 Å². The van der Waals surface area contributed by atoms with Gasteiger partial charge in [0.2, 0.25) is 0 Å². The van der Waals surface area contributed by atoms with E-state index in [1.807, 2.05) is 24.3 Å². The van der Waals surface area contributed by atoms with E-state index in [1.165, 1.54) is 4.90 Å². The highest BCUT2D eigenvalue weighted by Crippen LogP contribution is 2.08. The van der Waals surface area contributed by atoms with Crippen molar-refractivity contribution in [3.8, 4) is 0 Å². The highest BCUT2D eigenvalue weighted by molar-refractivity contribution is 7.80. The molecular weight excluding hydrogens is 248 g/mol. The Morgan fingerprint density at radius 1 is 1.28 bits per heavy atom. The normalized spacial score (nSPS) is 9.67. The fourth-order valence-corrected chi connectivity index (χ4v) is 1.42. The third-order valence-corrected chi connectivity index (χ3v) is 2.54. The first kappa shape index (κ1) is 14.2. The van der Waals surface area contributed by atoms with Gasteiger partial charge in [0.25, 0.3) is 0 Å². The van der Waals surface area contributed by atoms with Crippen LogP contribution in [0.4, 0.5) is 10.5 Å². The van der Waals surface area contributed by atoms with E-state index >= 15 is 0 Å². The predicted molar refractivity (Wildman–Crippen MR) is 77.9 cm³/mol. The first-order chi connectivity index (χ1) is 8.50. The number of amides is 2. The van der Waals surface area contributed by atoms with Gasteiger partial charge in [0.15, 0.2) is 0 Å². The second-order valence-corrected chi connectivity index (χ2v) is 4.43. The number of hydrogen-bond acceptors (Lipinski definition) is 3. The van der Waals surface area contributed by atoms with Gasteiger partial charge in [-0.2, -0.15) is 0 Å². The van der Waals surface area contributed by atoms with Gasteiger partial charge in [-0.3, -0.25) is 0 Å². The SMILES string of the molecule is CN(C)C(=O)NCCNc1ccc(C(N)=S)cc1. The summed E-state index contributed by atoms with van der Waals surface area (Å²) < 4.78 is 0. The van der Waals surface area contributed by atoms with E-state index in [4.69, 9.17) is 18.0 Å². The molecule has 0 bridgehead atoms. The molecule has 0 atom stereocenters. The van der Waals surface area contributed by atoms with Crippen molar-refractivity contribution < 1.29 is 4.79 Å². The van der Waals surface area contributed by atoms with Crippen LogP contribution in [-0.4, -0.2) is 43.1 Å². The zero-order chi connectivity index (χ0) is 13.5. The van der Waals surface area contributed by atoms with Crippen LogP contribution in [0.15, 0.2) is 24.3 Å². The minimum Gasteiger partial charge on any atom is -0.389 e. The van der Waals surface area contributed by atoms with Crippen LogP contribution in [0, 0.1) is 0 Å². The Morgan fingerprint density at radius 2 is 1.89 bits per heavy atom. The quantitative estimate of drug-likeness (QED) is 0.549. The molecule has 0 spiro atoms. The molecule has 98 valence electrons. The van der Waals surface area contributed by atoms with Crippen LogP contribution in [0.25, 0.3) is 0 Å². The molecule has 0 fully saturated rings. The number of nitrogens with one attached hydrogen (secondary N) is 2. The second-order valence-electron chi connectivity index (χ2n) is 3.99. The maximum absolute atomic E-state index is 11.2. The number of carbonyl (C=O) groups is 1. The monoisotopic (exact) mass is 266 g/mol. The second kappa shape index (κ2) is 6.80. The Labute approximate surface area is 112 Å². The number of urea groups is 1. The number of benzene rings is 1. The molecule has 1 aromatic carbocycles. The zero-order valence-electron chi connectivity index (χ0n) is 10.6. The average Bonchev–Trinajstić information content (AvgIpc) is 2.34. The Kier molecular flexibility index (Phi) is 5.38. The predicted octanol–water partition coefficient (Wildman–Crippen LogP) is 1.00. The highest BCUT2D eigenvalue weighted by Gasteiger charge is 2.01. The standard InChI is InChI=1S/C12H18N4OS/c1-16(2)12(17)15-8-7-14-10-5-3-9(4-6-10)11(13)18/h3-6,14H,7-8H2,1-2H3,(H2,13,18)(H,15,17). The number of nitrogens with two attached hydrogens (primary N) is 1. The third kappa shape index (κ3) is 4.58. The van der Waals surface area contributed by atoms with Crippen LogP contribution < -0.4 is 16.4 Å². The number of thiocarbonyl (C=S) groups is 1. The summed E-state index contributed by atoms with van der Waals surface area (Å²) in [4.78, 5) is 13.1. The van der Waals surface area contributed by atoms with Gasteiger partial charge in [0, 0.05) is 38.4 Å². The Bertz CT molecular complexity index is 417. The van der Waals surface area contributed by atoms with Crippen LogP contribution in [-0.2, 0) is 0 Å². The first-order valence-corrected chi connectivity index (χ1v) is 6.00. The summed E-state index contributed by atoms with van der Waals surface area (Å²) >= 11 is 4.87.